The maximum Gasteiger partial charge on any atom is 0.320 e. The van der Waals surface area contributed by atoms with Crippen LogP contribution in [0.25, 0.3) is 0 Å². The number of amides is 2. The van der Waals surface area contributed by atoms with E-state index < -0.39 is 0 Å². The number of pyridine rings is 1. The Kier molecular flexibility index (Phi) is 3.71. The summed E-state index contributed by atoms with van der Waals surface area (Å²) >= 11 is 5.72. The zero-order valence-electron chi connectivity index (χ0n) is 8.04. The minimum absolute atomic E-state index is 0.0918. The molecule has 1 aromatic rings. The molecule has 2 amide bonds. The second-order valence-electron chi connectivity index (χ2n) is 3.11. The van der Waals surface area contributed by atoms with Crippen molar-refractivity contribution in [1.82, 2.24) is 10.3 Å². The van der Waals surface area contributed by atoms with E-state index in [2.05, 4.69) is 15.6 Å². The van der Waals surface area contributed by atoms with Crippen LogP contribution < -0.4 is 10.6 Å². The number of hydrogen-bond donors (Lipinski definition) is 2. The topological polar surface area (TPSA) is 54.0 Å². The highest BCUT2D eigenvalue weighted by Gasteiger charge is 2.03. The molecule has 1 heterocycles. The smallest absolute Gasteiger partial charge is 0.320 e. The molecule has 0 bridgehead atoms. The van der Waals surface area contributed by atoms with Gasteiger partial charge in [-0.3, -0.25) is 5.32 Å². The van der Waals surface area contributed by atoms with Crippen LogP contribution in [0, 0.1) is 0 Å². The van der Waals surface area contributed by atoms with Crippen molar-refractivity contribution in [3.63, 3.8) is 0 Å². The molecule has 0 spiro atoms. The zero-order chi connectivity index (χ0) is 10.6. The summed E-state index contributed by atoms with van der Waals surface area (Å²) < 4.78 is 0. The average molecular weight is 214 g/mol. The van der Waals surface area contributed by atoms with Crippen molar-refractivity contribution in [2.24, 2.45) is 0 Å². The maximum absolute atomic E-state index is 11.2. The largest absolute Gasteiger partial charge is 0.336 e. The first kappa shape index (κ1) is 10.8. The summed E-state index contributed by atoms with van der Waals surface area (Å²) in [4.78, 5) is 15.2. The number of nitrogens with one attached hydrogen (secondary N) is 2. The van der Waals surface area contributed by atoms with E-state index in [4.69, 9.17) is 11.6 Å². The summed E-state index contributed by atoms with van der Waals surface area (Å²) in [5, 5.41) is 5.79. The highest BCUT2D eigenvalue weighted by atomic mass is 35.5. The summed E-state index contributed by atoms with van der Waals surface area (Å²) in [7, 11) is 0. The molecule has 0 saturated carbocycles. The molecule has 0 unspecified atom stereocenters. The van der Waals surface area contributed by atoms with Crippen molar-refractivity contribution in [2.45, 2.75) is 19.9 Å². The fourth-order valence-corrected chi connectivity index (χ4v) is 1.05. The molecule has 0 aliphatic heterocycles. The third-order valence-corrected chi connectivity index (χ3v) is 1.62. The van der Waals surface area contributed by atoms with Crippen LogP contribution in [0.5, 0.6) is 0 Å². The highest BCUT2D eigenvalue weighted by Crippen LogP contribution is 2.11. The van der Waals surface area contributed by atoms with E-state index in [9.17, 15) is 4.79 Å². The fourth-order valence-electron chi connectivity index (χ4n) is 0.888. The zero-order valence-corrected chi connectivity index (χ0v) is 8.80. The monoisotopic (exact) mass is 213 g/mol. The summed E-state index contributed by atoms with van der Waals surface area (Å²) in [6.45, 7) is 3.76. The lowest BCUT2D eigenvalue weighted by Gasteiger charge is -2.09. The molecule has 0 saturated heterocycles. The van der Waals surface area contributed by atoms with Crippen molar-refractivity contribution >= 4 is 23.4 Å². The van der Waals surface area contributed by atoms with Gasteiger partial charge in [-0.05, 0) is 26.0 Å². The molecule has 0 atom stereocenters. The normalized spacial score (nSPS) is 10.0. The van der Waals surface area contributed by atoms with E-state index in [0.717, 1.165) is 0 Å². The molecular weight excluding hydrogens is 202 g/mol. The Morgan fingerprint density at radius 1 is 1.57 bits per heavy atom. The first-order valence-corrected chi connectivity index (χ1v) is 4.65. The second kappa shape index (κ2) is 4.81. The molecule has 1 aromatic heterocycles. The lowest BCUT2D eigenvalue weighted by Crippen LogP contribution is -2.34. The van der Waals surface area contributed by atoms with Gasteiger partial charge in [-0.15, -0.1) is 0 Å². The molecule has 2 N–H and O–H groups in total. The van der Waals surface area contributed by atoms with Gasteiger partial charge in [-0.2, -0.15) is 0 Å². The van der Waals surface area contributed by atoms with E-state index in [-0.39, 0.29) is 12.1 Å². The molecule has 0 aliphatic rings. The average Bonchev–Trinajstić information content (AvgIpc) is 2.01. The van der Waals surface area contributed by atoms with Gasteiger partial charge < -0.3 is 5.32 Å². The molecule has 0 fully saturated rings. The molecular formula is C9H12ClN3O. The quantitative estimate of drug-likeness (QED) is 0.792. The summed E-state index contributed by atoms with van der Waals surface area (Å²) in [5.74, 6) is 0.440. The Labute approximate surface area is 87.7 Å². The Morgan fingerprint density at radius 2 is 2.29 bits per heavy atom. The number of halogens is 1. The number of aromatic nitrogens is 1. The minimum atomic E-state index is -0.283. The van der Waals surface area contributed by atoms with E-state index in [1.54, 1.807) is 12.1 Å². The lowest BCUT2D eigenvalue weighted by atomic mass is 10.4. The number of nitrogens with zero attached hydrogens (tertiary/aromatic N) is 1. The standard InChI is InChI=1S/C9H12ClN3O/c1-6(2)12-9(14)13-8-5-7(10)3-4-11-8/h3-6H,1-2H3,(H2,11,12,13,14). The van der Waals surface area contributed by atoms with Crippen LogP contribution in [0.4, 0.5) is 10.6 Å². The summed E-state index contributed by atoms with van der Waals surface area (Å²) in [6, 6.07) is 3.04. The van der Waals surface area contributed by atoms with Crippen LogP contribution >= 0.6 is 11.6 Å². The van der Waals surface area contributed by atoms with Crippen molar-refractivity contribution in [2.75, 3.05) is 5.32 Å². The van der Waals surface area contributed by atoms with Gasteiger partial charge in [-0.25, -0.2) is 9.78 Å². The Bertz CT molecular complexity index is 328. The van der Waals surface area contributed by atoms with Crippen LogP contribution in [-0.2, 0) is 0 Å². The van der Waals surface area contributed by atoms with Gasteiger partial charge in [0.1, 0.15) is 5.82 Å². The molecule has 0 aliphatic carbocycles. The third kappa shape index (κ3) is 3.62. The van der Waals surface area contributed by atoms with Crippen molar-refractivity contribution in [1.29, 1.82) is 0 Å². The summed E-state index contributed by atoms with van der Waals surface area (Å²) in [5.41, 5.74) is 0. The highest BCUT2D eigenvalue weighted by molar-refractivity contribution is 6.30. The Morgan fingerprint density at radius 3 is 2.86 bits per heavy atom. The first-order valence-electron chi connectivity index (χ1n) is 4.27. The van der Waals surface area contributed by atoms with E-state index in [0.29, 0.717) is 10.8 Å². The van der Waals surface area contributed by atoms with E-state index in [1.165, 1.54) is 6.20 Å². The Hall–Kier alpha value is -1.29. The lowest BCUT2D eigenvalue weighted by molar-refractivity contribution is 0.250. The maximum atomic E-state index is 11.2. The van der Waals surface area contributed by atoms with Crippen LogP contribution in [-0.4, -0.2) is 17.1 Å². The van der Waals surface area contributed by atoms with Gasteiger partial charge in [-0.1, -0.05) is 11.6 Å². The number of anilines is 1. The predicted molar refractivity (Wildman–Crippen MR) is 56.5 cm³/mol. The van der Waals surface area contributed by atoms with Gasteiger partial charge in [0.05, 0.1) is 0 Å². The fraction of sp³-hybridized carbons (Fsp3) is 0.333. The third-order valence-electron chi connectivity index (χ3n) is 1.38. The van der Waals surface area contributed by atoms with Gasteiger partial charge in [0, 0.05) is 17.3 Å². The van der Waals surface area contributed by atoms with Crippen LogP contribution in [0.1, 0.15) is 13.8 Å². The predicted octanol–water partition coefficient (Wildman–Crippen LogP) is 2.26. The number of hydrogen-bond acceptors (Lipinski definition) is 2. The van der Waals surface area contributed by atoms with Crippen LogP contribution in [0.15, 0.2) is 18.3 Å². The molecule has 5 heteroatoms. The number of urea groups is 1. The SMILES string of the molecule is CC(C)NC(=O)Nc1cc(Cl)ccn1. The van der Waals surface area contributed by atoms with Crippen molar-refractivity contribution in [3.8, 4) is 0 Å². The van der Waals surface area contributed by atoms with Gasteiger partial charge >= 0.3 is 6.03 Å². The van der Waals surface area contributed by atoms with Gasteiger partial charge in [0.25, 0.3) is 0 Å². The van der Waals surface area contributed by atoms with Crippen molar-refractivity contribution in [3.05, 3.63) is 23.4 Å². The molecule has 4 nitrogen and oxygen atoms in total. The molecule has 14 heavy (non-hydrogen) atoms. The molecule has 0 aromatic carbocycles. The van der Waals surface area contributed by atoms with Crippen LogP contribution in [0.3, 0.4) is 0 Å². The molecule has 76 valence electrons. The van der Waals surface area contributed by atoms with Gasteiger partial charge in [0.15, 0.2) is 0 Å². The van der Waals surface area contributed by atoms with E-state index in [1.807, 2.05) is 13.8 Å². The molecule has 0 radical (unpaired) electrons. The Balaban J connectivity index is 2.56. The minimum Gasteiger partial charge on any atom is -0.336 e. The number of rotatable bonds is 2. The summed E-state index contributed by atoms with van der Waals surface area (Å²) in [6.07, 6.45) is 1.54. The van der Waals surface area contributed by atoms with Crippen LogP contribution in [0.2, 0.25) is 5.02 Å². The number of carbonyl (C=O) groups is 1. The number of carbonyl (C=O) groups excluding carboxylic acids is 1. The van der Waals surface area contributed by atoms with Gasteiger partial charge in [0.2, 0.25) is 0 Å². The van der Waals surface area contributed by atoms with Crippen molar-refractivity contribution < 1.29 is 4.79 Å². The second-order valence-corrected chi connectivity index (χ2v) is 3.55. The molecule has 1 rings (SSSR count). The van der Waals surface area contributed by atoms with E-state index >= 15 is 0 Å². The first-order chi connectivity index (χ1) is 6.58.